The van der Waals surface area contributed by atoms with Gasteiger partial charge in [0.05, 0.1) is 12.8 Å². The van der Waals surface area contributed by atoms with Crippen LogP contribution >= 0.6 is 0 Å². The number of nitrogens with zero attached hydrogens (tertiary/aromatic N) is 2. The summed E-state index contributed by atoms with van der Waals surface area (Å²) in [5.41, 5.74) is 12.8. The van der Waals surface area contributed by atoms with Gasteiger partial charge in [-0.05, 0) is 66.6 Å². The van der Waals surface area contributed by atoms with Crippen LogP contribution in [0.5, 0.6) is 5.75 Å². The Morgan fingerprint density at radius 2 is 1.89 bits per heavy atom. The highest BCUT2D eigenvalue weighted by atomic mass is 32.2. The van der Waals surface area contributed by atoms with Crippen molar-refractivity contribution in [1.29, 1.82) is 0 Å². The van der Waals surface area contributed by atoms with Gasteiger partial charge in [0.15, 0.2) is 0 Å². The van der Waals surface area contributed by atoms with Gasteiger partial charge in [-0.25, -0.2) is 4.72 Å². The van der Waals surface area contributed by atoms with E-state index in [2.05, 4.69) is 21.4 Å². The Labute approximate surface area is 218 Å². The average molecular weight is 523 g/mol. The number of rotatable bonds is 5. The van der Waals surface area contributed by atoms with Crippen LogP contribution in [-0.2, 0) is 16.8 Å². The molecule has 37 heavy (non-hydrogen) atoms. The van der Waals surface area contributed by atoms with E-state index in [1.807, 2.05) is 18.2 Å². The molecule has 8 nitrogen and oxygen atoms in total. The van der Waals surface area contributed by atoms with Crippen molar-refractivity contribution in [3.63, 3.8) is 0 Å². The molecule has 1 aromatic heterocycles. The quantitative estimate of drug-likeness (QED) is 0.525. The Morgan fingerprint density at radius 1 is 1.14 bits per heavy atom. The van der Waals surface area contributed by atoms with Crippen LogP contribution in [0.3, 0.4) is 0 Å². The number of carbonyl (C=O) groups is 1. The Hall–Kier alpha value is -2.88. The second-order valence-electron chi connectivity index (χ2n) is 11.1. The lowest BCUT2D eigenvalue weighted by atomic mass is 9.81. The first-order valence-electron chi connectivity index (χ1n) is 13.0. The molecule has 3 N–H and O–H groups in total. The number of aromatic nitrogens is 1. The van der Waals surface area contributed by atoms with Crippen LogP contribution in [0.15, 0.2) is 36.4 Å². The van der Waals surface area contributed by atoms with Crippen molar-refractivity contribution in [2.75, 3.05) is 21.2 Å². The minimum atomic E-state index is -3.90. The number of ether oxygens (including phenoxy) is 1. The predicted molar refractivity (Wildman–Crippen MR) is 144 cm³/mol. The van der Waals surface area contributed by atoms with Gasteiger partial charge in [-0.1, -0.05) is 25.3 Å². The number of hydrogen-bond donors (Lipinski definition) is 2. The van der Waals surface area contributed by atoms with Crippen LogP contribution in [0.1, 0.15) is 71.8 Å². The zero-order chi connectivity index (χ0) is 26.1. The van der Waals surface area contributed by atoms with Gasteiger partial charge < -0.3 is 15.0 Å². The third-order valence-electron chi connectivity index (χ3n) is 8.54. The normalized spacial score (nSPS) is 23.2. The Morgan fingerprint density at radius 3 is 2.59 bits per heavy atom. The molecule has 1 aliphatic heterocycles. The summed E-state index contributed by atoms with van der Waals surface area (Å²) in [7, 11) is 0.572. The number of carbonyl (C=O) groups excluding carboxylic acids is 1. The molecule has 196 valence electrons. The number of benzene rings is 2. The van der Waals surface area contributed by atoms with Gasteiger partial charge in [-0.2, -0.15) is 12.7 Å². The minimum absolute atomic E-state index is 0.253. The molecule has 0 saturated heterocycles. The number of fused-ring (bicyclic) bond motifs is 7. The van der Waals surface area contributed by atoms with E-state index in [0.717, 1.165) is 40.2 Å². The van der Waals surface area contributed by atoms with Gasteiger partial charge in [-0.15, -0.1) is 0 Å². The number of amides is 1. The minimum Gasteiger partial charge on any atom is -0.497 e. The molecule has 6 rings (SSSR count). The SMILES string of the molecule is COc1ccc2c(c1)[C@@H]1C[C@]1(N)Cn1c-2c(C2CCCCC2)c2ccc(C(=O)NS(=O)(=O)N(C)C)cc21. The molecule has 0 radical (unpaired) electrons. The largest absolute Gasteiger partial charge is 0.497 e. The van der Waals surface area contributed by atoms with Crippen molar-refractivity contribution < 1.29 is 17.9 Å². The first-order valence-corrected chi connectivity index (χ1v) is 14.4. The van der Waals surface area contributed by atoms with Gasteiger partial charge >= 0.3 is 10.2 Å². The predicted octanol–water partition coefficient (Wildman–Crippen LogP) is 4.10. The van der Waals surface area contributed by atoms with Crippen molar-refractivity contribution >= 4 is 27.0 Å². The smallest absolute Gasteiger partial charge is 0.303 e. The van der Waals surface area contributed by atoms with Crippen molar-refractivity contribution in [1.82, 2.24) is 13.6 Å². The summed E-state index contributed by atoms with van der Waals surface area (Å²) in [5.74, 6) is 0.872. The van der Waals surface area contributed by atoms with Gasteiger partial charge in [0.2, 0.25) is 0 Å². The van der Waals surface area contributed by atoms with E-state index in [1.54, 1.807) is 13.2 Å². The topological polar surface area (TPSA) is 107 Å². The van der Waals surface area contributed by atoms with Crippen molar-refractivity contribution in [2.45, 2.75) is 62.4 Å². The van der Waals surface area contributed by atoms with E-state index in [4.69, 9.17) is 10.5 Å². The van der Waals surface area contributed by atoms with Gasteiger partial charge in [-0.3, -0.25) is 4.79 Å². The maximum absolute atomic E-state index is 13.0. The number of hydrogen-bond acceptors (Lipinski definition) is 5. The number of methoxy groups -OCH3 is 1. The van der Waals surface area contributed by atoms with Gasteiger partial charge in [0, 0.05) is 54.1 Å². The molecule has 2 aliphatic carbocycles. The zero-order valence-electron chi connectivity index (χ0n) is 21.6. The molecule has 2 heterocycles. The summed E-state index contributed by atoms with van der Waals surface area (Å²) < 4.78 is 35.6. The molecule has 1 amide bonds. The summed E-state index contributed by atoms with van der Waals surface area (Å²) in [5, 5.41) is 1.12. The van der Waals surface area contributed by atoms with E-state index < -0.39 is 16.1 Å². The fraction of sp³-hybridized carbons (Fsp3) is 0.464. The lowest BCUT2D eigenvalue weighted by Gasteiger charge is -2.24. The molecule has 2 fully saturated rings. The monoisotopic (exact) mass is 522 g/mol. The van der Waals surface area contributed by atoms with Crippen molar-refractivity contribution in [3.8, 4) is 17.0 Å². The maximum Gasteiger partial charge on any atom is 0.303 e. The number of nitrogens with two attached hydrogens (primary N) is 1. The summed E-state index contributed by atoms with van der Waals surface area (Å²) in [6.45, 7) is 0.647. The third-order valence-corrected chi connectivity index (χ3v) is 9.95. The average Bonchev–Trinajstić information content (AvgIpc) is 3.47. The molecular weight excluding hydrogens is 488 g/mol. The molecule has 2 aromatic carbocycles. The summed E-state index contributed by atoms with van der Waals surface area (Å²) in [4.78, 5) is 13.0. The first-order chi connectivity index (χ1) is 17.6. The molecule has 2 atom stereocenters. The number of nitrogens with one attached hydrogen (secondary N) is 1. The summed E-state index contributed by atoms with van der Waals surface area (Å²) in [6, 6.07) is 11.9. The Bertz CT molecular complexity index is 1520. The van der Waals surface area contributed by atoms with E-state index in [9.17, 15) is 13.2 Å². The van der Waals surface area contributed by atoms with Gasteiger partial charge in [0.25, 0.3) is 5.91 Å². The highest BCUT2D eigenvalue weighted by Crippen LogP contribution is 2.58. The standard InChI is InChI=1S/C28H34N4O4S/c1-31(2)37(34,35)30-27(33)18-9-11-21-24(13-18)32-16-28(29)15-23(28)22-14-19(36-3)10-12-20(22)26(32)25(21)17-7-5-4-6-8-17/h9-14,17,23H,4-8,15-16,29H2,1-3H3,(H,30,33)/t23-,28-/m0/s1. The molecule has 0 bridgehead atoms. The Kier molecular flexibility index (Phi) is 5.67. The van der Waals surface area contributed by atoms with Crippen molar-refractivity contribution in [3.05, 3.63) is 53.1 Å². The molecule has 0 spiro atoms. The van der Waals surface area contributed by atoms with Gasteiger partial charge in [0.1, 0.15) is 5.75 Å². The molecule has 9 heteroatoms. The summed E-state index contributed by atoms with van der Waals surface area (Å²) >= 11 is 0. The van der Waals surface area contributed by atoms with Crippen LogP contribution in [-0.4, -0.2) is 49.9 Å². The van der Waals surface area contributed by atoms with E-state index in [1.165, 1.54) is 55.7 Å². The summed E-state index contributed by atoms with van der Waals surface area (Å²) in [6.07, 6.45) is 6.84. The first kappa shape index (κ1) is 24.5. The zero-order valence-corrected chi connectivity index (χ0v) is 22.4. The van der Waals surface area contributed by atoms with Crippen LogP contribution in [0, 0.1) is 0 Å². The van der Waals surface area contributed by atoms with E-state index in [-0.39, 0.29) is 11.5 Å². The lowest BCUT2D eigenvalue weighted by molar-refractivity contribution is 0.0980. The fourth-order valence-corrected chi connectivity index (χ4v) is 6.96. The highest BCUT2D eigenvalue weighted by Gasteiger charge is 2.55. The van der Waals surface area contributed by atoms with Crippen LogP contribution < -0.4 is 15.2 Å². The second kappa shape index (κ2) is 8.58. The second-order valence-corrected chi connectivity index (χ2v) is 13.0. The van der Waals surface area contributed by atoms with Crippen LogP contribution in [0.4, 0.5) is 0 Å². The Balaban J connectivity index is 1.57. The van der Waals surface area contributed by atoms with E-state index >= 15 is 0 Å². The fourth-order valence-electron chi connectivity index (χ4n) is 6.43. The van der Waals surface area contributed by atoms with Crippen molar-refractivity contribution in [2.24, 2.45) is 5.73 Å². The third kappa shape index (κ3) is 3.95. The van der Waals surface area contributed by atoms with Crippen LogP contribution in [0.2, 0.25) is 0 Å². The van der Waals surface area contributed by atoms with E-state index in [0.29, 0.717) is 18.0 Å². The van der Waals surface area contributed by atoms with Crippen LogP contribution in [0.25, 0.3) is 22.2 Å². The molecule has 3 aliphatic rings. The lowest BCUT2D eigenvalue weighted by Crippen LogP contribution is -2.39. The highest BCUT2D eigenvalue weighted by molar-refractivity contribution is 7.87. The molecule has 3 aromatic rings. The molecule has 2 saturated carbocycles. The molecule has 0 unspecified atom stereocenters. The maximum atomic E-state index is 13.0. The molecular formula is C28H34N4O4S.